The summed E-state index contributed by atoms with van der Waals surface area (Å²) in [6, 6.07) is 7.79. The Bertz CT molecular complexity index is 1280. The van der Waals surface area contributed by atoms with Gasteiger partial charge in [0.05, 0.1) is 45.1 Å². The van der Waals surface area contributed by atoms with E-state index in [1.807, 2.05) is 0 Å². The Kier molecular flexibility index (Phi) is 9.48. The summed E-state index contributed by atoms with van der Waals surface area (Å²) >= 11 is 1.01. The van der Waals surface area contributed by atoms with Crippen LogP contribution in [0.25, 0.3) is 16.6 Å². The number of rotatable bonds is 9. The van der Waals surface area contributed by atoms with Crippen LogP contribution in [0, 0.1) is 5.92 Å². The Morgan fingerprint density at radius 1 is 1.00 bits per heavy atom. The van der Waals surface area contributed by atoms with Crippen molar-refractivity contribution in [1.29, 1.82) is 0 Å². The maximum Gasteiger partial charge on any atom is 1.00 e. The predicted octanol–water partition coefficient (Wildman–Crippen LogP) is -0.341. The number of benzene rings is 2. The molecule has 1 aromatic heterocycles. The van der Waals surface area contributed by atoms with Gasteiger partial charge >= 0.3 is 29.6 Å². The fourth-order valence-electron chi connectivity index (χ4n) is 4.57. The minimum absolute atomic E-state index is 0. The van der Waals surface area contributed by atoms with Crippen LogP contribution in [0.3, 0.4) is 0 Å². The van der Waals surface area contributed by atoms with E-state index >= 15 is 0 Å². The molecule has 4 rings (SSSR count). The number of ether oxygens (including phenoxy) is 3. The van der Waals surface area contributed by atoms with Crippen molar-refractivity contribution >= 4 is 40.1 Å². The number of carbonyl (C=O) groups is 2. The number of allylic oxidation sites excluding steroid dienone is 1. The van der Waals surface area contributed by atoms with E-state index in [1.54, 1.807) is 18.2 Å². The average Bonchev–Trinajstić information content (AvgIpc) is 3.50. The third kappa shape index (κ3) is 5.57. The molecule has 1 N–H and O–H groups in total. The number of aliphatic carboxylic acids is 1. The minimum Gasteiger partial charge on any atom is -0.545 e. The third-order valence-electron chi connectivity index (χ3n) is 6.33. The maximum atomic E-state index is 13.9. The fourth-order valence-corrected chi connectivity index (χ4v) is 5.08. The molecule has 1 aliphatic carbocycles. The van der Waals surface area contributed by atoms with E-state index < -0.39 is 17.9 Å². The zero-order chi connectivity index (χ0) is 25.1. The summed E-state index contributed by atoms with van der Waals surface area (Å²) in [7, 11) is 4.31. The number of fused-ring (bicyclic) bond motifs is 1. The zero-order valence-electron chi connectivity index (χ0n) is 20.6. The smallest absolute Gasteiger partial charge is 0.545 e. The molecule has 0 amide bonds. The molecule has 11 heteroatoms. The Morgan fingerprint density at radius 2 is 1.67 bits per heavy atom. The van der Waals surface area contributed by atoms with Crippen molar-refractivity contribution in [1.82, 2.24) is 8.75 Å². The molecule has 0 bridgehead atoms. The van der Waals surface area contributed by atoms with Gasteiger partial charge in [-0.05, 0) is 55.0 Å². The predicted molar refractivity (Wildman–Crippen MR) is 128 cm³/mol. The van der Waals surface area contributed by atoms with Crippen LogP contribution in [0.4, 0.5) is 0 Å². The largest absolute Gasteiger partial charge is 1.00 e. The summed E-state index contributed by atoms with van der Waals surface area (Å²) in [4.78, 5) is 26.4. The van der Waals surface area contributed by atoms with E-state index in [4.69, 9.17) is 14.2 Å². The molecule has 1 saturated carbocycles. The Balaban J connectivity index is 0.00000361. The quantitative estimate of drug-likeness (QED) is 0.229. The molecule has 0 saturated heterocycles. The van der Waals surface area contributed by atoms with Gasteiger partial charge in [-0.15, -0.1) is 0 Å². The van der Waals surface area contributed by atoms with Gasteiger partial charge < -0.3 is 29.2 Å². The number of aliphatic hydroxyl groups is 1. The number of aromatic nitrogens is 2. The second-order valence-electron chi connectivity index (χ2n) is 8.31. The molecule has 0 spiro atoms. The summed E-state index contributed by atoms with van der Waals surface area (Å²) in [6.07, 6.45) is 1.55. The van der Waals surface area contributed by atoms with E-state index in [0.717, 1.165) is 18.1 Å². The number of carboxylic acid groups (broad SMARTS) is 1. The number of Topliss-reactive ketones (excluding diaryl/α,β-unsaturated/α-hetero) is 1. The van der Waals surface area contributed by atoms with Crippen LogP contribution in [0.1, 0.15) is 41.6 Å². The topological polar surface area (TPSA) is 131 Å². The number of carbonyl (C=O) groups excluding carboxylic acids is 2. The van der Waals surface area contributed by atoms with E-state index in [-0.39, 0.29) is 75.7 Å². The van der Waals surface area contributed by atoms with Crippen molar-refractivity contribution in [3.8, 4) is 17.2 Å². The van der Waals surface area contributed by atoms with E-state index in [2.05, 4.69) is 8.75 Å². The molecule has 184 valence electrons. The summed E-state index contributed by atoms with van der Waals surface area (Å²) in [5.41, 5.74) is 1.39. The van der Waals surface area contributed by atoms with Crippen molar-refractivity contribution in [3.63, 3.8) is 0 Å². The number of methoxy groups -OCH3 is 3. The van der Waals surface area contributed by atoms with E-state index in [9.17, 15) is 19.8 Å². The zero-order valence-corrected chi connectivity index (χ0v) is 23.4. The molecule has 1 heterocycles. The second-order valence-corrected chi connectivity index (χ2v) is 8.84. The molecule has 9 nitrogen and oxygen atoms in total. The van der Waals surface area contributed by atoms with Gasteiger partial charge in [-0.2, -0.15) is 8.75 Å². The number of hydrogen-bond donors (Lipinski definition) is 1. The average molecular weight is 521 g/mol. The maximum absolute atomic E-state index is 13.9. The third-order valence-corrected chi connectivity index (χ3v) is 6.89. The Morgan fingerprint density at radius 3 is 2.22 bits per heavy atom. The van der Waals surface area contributed by atoms with E-state index in [0.29, 0.717) is 29.6 Å². The molecular formula is C25H25N2NaO7S. The van der Waals surface area contributed by atoms with Gasteiger partial charge in [0.2, 0.25) is 5.75 Å². The first-order chi connectivity index (χ1) is 16.9. The first-order valence-corrected chi connectivity index (χ1v) is 11.8. The number of aliphatic hydroxyl groups excluding tert-OH is 1. The normalized spacial score (nSPS) is 17.8. The van der Waals surface area contributed by atoms with Crippen LogP contribution in [0.5, 0.6) is 17.2 Å². The van der Waals surface area contributed by atoms with Gasteiger partial charge in [-0.3, -0.25) is 4.79 Å². The standard InChI is InChI=1S/C25H26N2O7S.Na/c1-32-20-11-15(12-21(33-2)24(20)34-3)23(29)16(9-13-5-4-6-19(13)28)22(25(30)31)14-7-8-17-18(10-14)27-35-26-17;/h7-8,10-13,19,28H,4-6,9H2,1-3H3,(H,30,31);/q;+1/p-1. The van der Waals surface area contributed by atoms with Crippen LogP contribution in [-0.2, 0) is 4.79 Å². The summed E-state index contributed by atoms with van der Waals surface area (Å²) < 4.78 is 24.4. The van der Waals surface area contributed by atoms with Crippen LogP contribution >= 0.6 is 11.7 Å². The molecule has 2 aromatic carbocycles. The molecular weight excluding hydrogens is 495 g/mol. The molecule has 3 aromatic rings. The number of carboxylic acids is 1. The summed E-state index contributed by atoms with van der Waals surface area (Å²) in [5.74, 6) is -1.43. The number of ketones is 1. The summed E-state index contributed by atoms with van der Waals surface area (Å²) in [5, 5.41) is 22.9. The van der Waals surface area contributed by atoms with Crippen molar-refractivity contribution in [3.05, 3.63) is 47.0 Å². The molecule has 1 fully saturated rings. The van der Waals surface area contributed by atoms with Crippen LogP contribution < -0.4 is 48.9 Å². The van der Waals surface area contributed by atoms with Gasteiger partial charge in [0.15, 0.2) is 17.3 Å². The summed E-state index contributed by atoms with van der Waals surface area (Å²) in [6.45, 7) is 0. The molecule has 0 radical (unpaired) electrons. The van der Waals surface area contributed by atoms with Gasteiger partial charge in [0, 0.05) is 16.7 Å². The van der Waals surface area contributed by atoms with Crippen LogP contribution in [-0.4, -0.2) is 53.0 Å². The number of nitrogens with zero attached hydrogens (tertiary/aromatic N) is 2. The van der Waals surface area contributed by atoms with Crippen molar-refractivity contribution in [2.75, 3.05) is 21.3 Å². The van der Waals surface area contributed by atoms with Gasteiger partial charge in [-0.1, -0.05) is 12.5 Å². The van der Waals surface area contributed by atoms with E-state index in [1.165, 1.54) is 33.5 Å². The Labute approximate surface area is 234 Å². The first-order valence-electron chi connectivity index (χ1n) is 11.1. The first kappa shape index (κ1) is 28.1. The molecule has 1 aliphatic rings. The molecule has 36 heavy (non-hydrogen) atoms. The Hall–Kier alpha value is -2.50. The molecule has 2 unspecified atom stereocenters. The van der Waals surface area contributed by atoms with Gasteiger partial charge in [-0.25, -0.2) is 0 Å². The van der Waals surface area contributed by atoms with Crippen LogP contribution in [0.15, 0.2) is 35.9 Å². The minimum atomic E-state index is -1.49. The molecule has 2 atom stereocenters. The van der Waals surface area contributed by atoms with Crippen molar-refractivity contribution in [2.24, 2.45) is 5.92 Å². The second kappa shape index (κ2) is 12.2. The van der Waals surface area contributed by atoms with Crippen molar-refractivity contribution < 1.29 is 63.6 Å². The van der Waals surface area contributed by atoms with Crippen molar-refractivity contribution in [2.45, 2.75) is 31.8 Å². The van der Waals surface area contributed by atoms with Gasteiger partial charge in [0.25, 0.3) is 0 Å². The fraction of sp³-hybridized carbons (Fsp3) is 0.360. The monoisotopic (exact) mass is 520 g/mol. The molecule has 0 aliphatic heterocycles. The number of hydrogen-bond acceptors (Lipinski definition) is 10. The SMILES string of the molecule is COc1cc(C(=O)C(CC2CCCC2O)=C(C(=O)[O-])c2ccc3nsnc3c2)cc(OC)c1OC.[Na+]. The van der Waals surface area contributed by atoms with Gasteiger partial charge in [0.1, 0.15) is 11.0 Å². The van der Waals surface area contributed by atoms with Crippen LogP contribution in [0.2, 0.25) is 0 Å².